The van der Waals surface area contributed by atoms with Crippen molar-refractivity contribution < 1.29 is 14.0 Å². The Hall–Kier alpha value is -3.34. The van der Waals surface area contributed by atoms with Gasteiger partial charge in [-0.3, -0.25) is 9.59 Å². The summed E-state index contributed by atoms with van der Waals surface area (Å²) in [6, 6.07) is 20.1. The van der Waals surface area contributed by atoms with Gasteiger partial charge in [0.2, 0.25) is 5.91 Å². The van der Waals surface area contributed by atoms with Crippen LogP contribution in [0.15, 0.2) is 77.4 Å². The third kappa shape index (κ3) is 4.85. The van der Waals surface area contributed by atoms with Crippen molar-refractivity contribution in [2.75, 3.05) is 10.6 Å². The van der Waals surface area contributed by atoms with Crippen LogP contribution in [0, 0.1) is 0 Å². The van der Waals surface area contributed by atoms with Crippen LogP contribution in [0.1, 0.15) is 41.8 Å². The molecule has 0 aliphatic carbocycles. The monoisotopic (exact) mass is 362 g/mol. The fourth-order valence-corrected chi connectivity index (χ4v) is 2.93. The van der Waals surface area contributed by atoms with Crippen molar-refractivity contribution in [2.45, 2.75) is 25.7 Å². The number of nitrogens with one attached hydrogen (secondary N) is 2. The van der Waals surface area contributed by atoms with E-state index in [0.29, 0.717) is 11.4 Å². The Morgan fingerprint density at radius 3 is 2.33 bits per heavy atom. The van der Waals surface area contributed by atoms with Crippen LogP contribution in [-0.4, -0.2) is 11.8 Å². The van der Waals surface area contributed by atoms with Gasteiger partial charge in [-0.2, -0.15) is 0 Å². The molecule has 1 heterocycles. The summed E-state index contributed by atoms with van der Waals surface area (Å²) < 4.78 is 5.09. The van der Waals surface area contributed by atoms with E-state index >= 15 is 0 Å². The SMILES string of the molecule is CCCC(C(=O)Nc1cccc(NC(=O)c2ccco2)c1)c1ccccc1. The predicted octanol–water partition coefficient (Wildman–Crippen LogP) is 5.05. The van der Waals surface area contributed by atoms with Crippen LogP contribution in [0.4, 0.5) is 11.4 Å². The number of carbonyl (C=O) groups excluding carboxylic acids is 2. The fourth-order valence-electron chi connectivity index (χ4n) is 2.93. The number of rotatable bonds is 7. The highest BCUT2D eigenvalue weighted by Crippen LogP contribution is 2.24. The first-order valence-corrected chi connectivity index (χ1v) is 8.98. The third-order valence-corrected chi connectivity index (χ3v) is 4.23. The zero-order valence-electron chi connectivity index (χ0n) is 15.1. The summed E-state index contributed by atoms with van der Waals surface area (Å²) in [4.78, 5) is 24.9. The Bertz CT molecular complexity index is 889. The molecule has 1 aromatic heterocycles. The minimum Gasteiger partial charge on any atom is -0.459 e. The summed E-state index contributed by atoms with van der Waals surface area (Å²) in [5, 5.41) is 5.72. The van der Waals surface area contributed by atoms with Gasteiger partial charge in [0.15, 0.2) is 5.76 Å². The molecule has 0 aliphatic heterocycles. The van der Waals surface area contributed by atoms with Crippen molar-refractivity contribution in [3.63, 3.8) is 0 Å². The average Bonchev–Trinajstić information content (AvgIpc) is 3.22. The molecule has 1 unspecified atom stereocenters. The second-order valence-corrected chi connectivity index (χ2v) is 6.25. The quantitative estimate of drug-likeness (QED) is 0.617. The molecular weight excluding hydrogens is 340 g/mol. The molecule has 1 atom stereocenters. The van der Waals surface area contributed by atoms with Gasteiger partial charge in [-0.25, -0.2) is 0 Å². The Kier molecular flexibility index (Phi) is 6.05. The molecule has 0 fully saturated rings. The Morgan fingerprint density at radius 2 is 1.67 bits per heavy atom. The van der Waals surface area contributed by atoms with Crippen LogP contribution in [-0.2, 0) is 4.79 Å². The lowest BCUT2D eigenvalue weighted by Crippen LogP contribution is -2.21. The molecule has 27 heavy (non-hydrogen) atoms. The lowest BCUT2D eigenvalue weighted by atomic mass is 9.93. The second-order valence-electron chi connectivity index (χ2n) is 6.25. The molecule has 0 saturated heterocycles. The van der Waals surface area contributed by atoms with Crippen LogP contribution < -0.4 is 10.6 Å². The van der Waals surface area contributed by atoms with Crippen molar-refractivity contribution >= 4 is 23.2 Å². The molecule has 0 aliphatic rings. The highest BCUT2D eigenvalue weighted by molar-refractivity contribution is 6.03. The average molecular weight is 362 g/mol. The Balaban J connectivity index is 1.71. The van der Waals surface area contributed by atoms with E-state index in [1.807, 2.05) is 30.3 Å². The summed E-state index contributed by atoms with van der Waals surface area (Å²) in [5.74, 6) is -0.372. The maximum Gasteiger partial charge on any atom is 0.291 e. The zero-order valence-corrected chi connectivity index (χ0v) is 15.1. The van der Waals surface area contributed by atoms with Crippen LogP contribution in [0.5, 0.6) is 0 Å². The lowest BCUT2D eigenvalue weighted by Gasteiger charge is -2.17. The number of hydrogen-bond acceptors (Lipinski definition) is 3. The minimum atomic E-state index is -0.336. The molecule has 2 amide bonds. The van der Waals surface area contributed by atoms with E-state index in [2.05, 4.69) is 17.6 Å². The molecule has 3 aromatic rings. The molecule has 0 bridgehead atoms. The first-order chi connectivity index (χ1) is 13.2. The number of amides is 2. The van der Waals surface area contributed by atoms with E-state index in [1.165, 1.54) is 6.26 Å². The number of hydrogen-bond donors (Lipinski definition) is 2. The molecular formula is C22H22N2O3. The van der Waals surface area contributed by atoms with E-state index in [1.54, 1.807) is 36.4 Å². The molecule has 2 N–H and O–H groups in total. The first-order valence-electron chi connectivity index (χ1n) is 8.98. The smallest absolute Gasteiger partial charge is 0.291 e. The Labute approximate surface area is 158 Å². The largest absolute Gasteiger partial charge is 0.459 e. The number of anilines is 2. The van der Waals surface area contributed by atoms with Crippen molar-refractivity contribution in [1.29, 1.82) is 0 Å². The van der Waals surface area contributed by atoms with Crippen molar-refractivity contribution in [3.8, 4) is 0 Å². The molecule has 5 nitrogen and oxygen atoms in total. The van der Waals surface area contributed by atoms with E-state index in [0.717, 1.165) is 18.4 Å². The number of furan rings is 1. The Morgan fingerprint density at radius 1 is 0.926 bits per heavy atom. The van der Waals surface area contributed by atoms with Gasteiger partial charge in [0, 0.05) is 11.4 Å². The second kappa shape index (κ2) is 8.85. The van der Waals surface area contributed by atoms with Crippen molar-refractivity contribution in [3.05, 3.63) is 84.3 Å². The molecule has 138 valence electrons. The topological polar surface area (TPSA) is 71.3 Å². The van der Waals surface area contributed by atoms with E-state index in [-0.39, 0.29) is 23.5 Å². The van der Waals surface area contributed by atoms with Crippen LogP contribution >= 0.6 is 0 Å². The molecule has 0 saturated carbocycles. The van der Waals surface area contributed by atoms with Crippen LogP contribution in [0.25, 0.3) is 0 Å². The van der Waals surface area contributed by atoms with Gasteiger partial charge >= 0.3 is 0 Å². The molecule has 0 spiro atoms. The maximum atomic E-state index is 12.8. The van der Waals surface area contributed by atoms with Gasteiger partial charge in [-0.15, -0.1) is 0 Å². The molecule has 2 aromatic carbocycles. The number of carbonyl (C=O) groups is 2. The minimum absolute atomic E-state index is 0.0578. The number of benzene rings is 2. The van der Waals surface area contributed by atoms with Gasteiger partial charge in [0.25, 0.3) is 5.91 Å². The van der Waals surface area contributed by atoms with Crippen molar-refractivity contribution in [1.82, 2.24) is 0 Å². The fraction of sp³-hybridized carbons (Fsp3) is 0.182. The van der Waals surface area contributed by atoms with Crippen LogP contribution in [0.2, 0.25) is 0 Å². The summed E-state index contributed by atoms with van der Waals surface area (Å²) in [6.07, 6.45) is 3.13. The maximum absolute atomic E-state index is 12.8. The predicted molar refractivity (Wildman–Crippen MR) is 106 cm³/mol. The third-order valence-electron chi connectivity index (χ3n) is 4.23. The highest BCUT2D eigenvalue weighted by Gasteiger charge is 2.19. The van der Waals surface area contributed by atoms with Crippen LogP contribution in [0.3, 0.4) is 0 Å². The van der Waals surface area contributed by atoms with Crippen molar-refractivity contribution in [2.24, 2.45) is 0 Å². The molecule has 5 heteroatoms. The summed E-state index contributed by atoms with van der Waals surface area (Å²) in [7, 11) is 0. The lowest BCUT2D eigenvalue weighted by molar-refractivity contribution is -0.117. The summed E-state index contributed by atoms with van der Waals surface area (Å²) in [5.41, 5.74) is 2.22. The zero-order chi connectivity index (χ0) is 19.1. The first kappa shape index (κ1) is 18.5. The van der Waals surface area contributed by atoms with Gasteiger partial charge in [0.1, 0.15) is 0 Å². The highest BCUT2D eigenvalue weighted by atomic mass is 16.3. The van der Waals surface area contributed by atoms with Gasteiger partial charge in [-0.05, 0) is 42.3 Å². The molecule has 3 rings (SSSR count). The summed E-state index contributed by atoms with van der Waals surface area (Å²) >= 11 is 0. The van der Waals surface area contributed by atoms with Gasteiger partial charge in [-0.1, -0.05) is 49.7 Å². The van der Waals surface area contributed by atoms with Gasteiger partial charge in [0.05, 0.1) is 12.2 Å². The summed E-state index contributed by atoms with van der Waals surface area (Å²) in [6.45, 7) is 2.06. The van der Waals surface area contributed by atoms with Gasteiger partial charge < -0.3 is 15.1 Å². The normalized spacial score (nSPS) is 11.6. The van der Waals surface area contributed by atoms with E-state index in [4.69, 9.17) is 4.42 Å². The van der Waals surface area contributed by atoms with E-state index < -0.39 is 0 Å². The standard InChI is InChI=1S/C22H22N2O3/c1-2-8-19(16-9-4-3-5-10-16)21(25)23-17-11-6-12-18(15-17)24-22(26)20-13-7-14-27-20/h3-7,9-15,19H,2,8H2,1H3,(H,23,25)(H,24,26). The van der Waals surface area contributed by atoms with E-state index in [9.17, 15) is 9.59 Å². The molecule has 0 radical (unpaired) electrons.